The molecule has 1 aliphatic heterocycles. The van der Waals surface area contributed by atoms with Crippen LogP contribution in [0.3, 0.4) is 0 Å². The molecule has 80 valence electrons. The smallest absolute Gasteiger partial charge is 0.0444 e. The summed E-state index contributed by atoms with van der Waals surface area (Å²) in [6, 6.07) is 0. The molecule has 0 fully saturated rings. The molecule has 0 saturated carbocycles. The zero-order chi connectivity index (χ0) is 11.6. The molecule has 0 bridgehead atoms. The van der Waals surface area contributed by atoms with Crippen molar-refractivity contribution in [3.05, 3.63) is 60.4 Å². The van der Waals surface area contributed by atoms with Crippen molar-refractivity contribution in [1.29, 1.82) is 0 Å². The predicted octanol–water partition coefficient (Wildman–Crippen LogP) is 3.59. The minimum Gasteiger partial charge on any atom is -0.258 e. The molecule has 0 atom stereocenters. The molecule has 0 spiro atoms. The van der Waals surface area contributed by atoms with E-state index in [9.17, 15) is 0 Å². The normalized spacial score (nSPS) is 28.0. The minimum atomic E-state index is 0.810. The van der Waals surface area contributed by atoms with Crippen LogP contribution in [0.1, 0.15) is 13.3 Å². The molecule has 1 heteroatoms. The van der Waals surface area contributed by atoms with Gasteiger partial charge in [-0.1, -0.05) is 42.4 Å². The first-order chi connectivity index (χ1) is 7.83. The second-order valence-corrected chi connectivity index (χ2v) is 3.31. The van der Waals surface area contributed by atoms with Crippen LogP contribution in [-0.2, 0) is 0 Å². The summed E-state index contributed by atoms with van der Waals surface area (Å²) in [5, 5.41) is 0. The van der Waals surface area contributed by atoms with Gasteiger partial charge in [0.1, 0.15) is 0 Å². The number of nitrogens with zero attached hydrogens (tertiary/aromatic N) is 1. The van der Waals surface area contributed by atoms with Gasteiger partial charge in [-0.15, -0.1) is 6.42 Å². The lowest BCUT2D eigenvalue weighted by Crippen LogP contribution is -1.87. The molecule has 0 aromatic carbocycles. The maximum Gasteiger partial charge on any atom is 0.0444 e. The number of aliphatic imine (C=N–C) groups is 1. The van der Waals surface area contributed by atoms with Crippen molar-refractivity contribution in [1.82, 2.24) is 0 Å². The van der Waals surface area contributed by atoms with Crippen molar-refractivity contribution in [2.75, 3.05) is 0 Å². The Labute approximate surface area is 97.3 Å². The first kappa shape index (κ1) is 12.0. The van der Waals surface area contributed by atoms with Crippen molar-refractivity contribution >= 4 is 5.71 Å². The summed E-state index contributed by atoms with van der Waals surface area (Å²) < 4.78 is 0. The Bertz CT molecular complexity index is 435. The highest BCUT2D eigenvalue weighted by Crippen LogP contribution is 2.07. The molecule has 0 radical (unpaired) electrons. The fourth-order valence-corrected chi connectivity index (χ4v) is 1.22. The first-order valence-electron chi connectivity index (χ1n) is 5.20. The largest absolute Gasteiger partial charge is 0.258 e. The Morgan fingerprint density at radius 3 is 2.94 bits per heavy atom. The lowest BCUT2D eigenvalue weighted by Gasteiger charge is -1.98. The van der Waals surface area contributed by atoms with Gasteiger partial charge in [-0.25, -0.2) is 0 Å². The van der Waals surface area contributed by atoms with E-state index in [1.54, 1.807) is 6.08 Å². The number of rotatable bonds is 1. The van der Waals surface area contributed by atoms with Gasteiger partial charge < -0.3 is 0 Å². The third kappa shape index (κ3) is 4.97. The van der Waals surface area contributed by atoms with Crippen LogP contribution in [0.15, 0.2) is 65.4 Å². The van der Waals surface area contributed by atoms with Crippen LogP contribution in [0.5, 0.6) is 0 Å². The van der Waals surface area contributed by atoms with Crippen LogP contribution in [0.25, 0.3) is 0 Å². The standard InChI is InChI=1S/C15H15N/c1-3-4-8-12-15-13-10-7-5-6-9-11-14(2)16-15/h1,4-12H,13H2,2H3/b6-5-,8-4-,10-7+,11-9-,15-12+,16-14+. The summed E-state index contributed by atoms with van der Waals surface area (Å²) in [7, 11) is 0. The van der Waals surface area contributed by atoms with Gasteiger partial charge in [0.15, 0.2) is 0 Å². The zero-order valence-electron chi connectivity index (χ0n) is 9.43. The van der Waals surface area contributed by atoms with Crippen LogP contribution in [0.2, 0.25) is 0 Å². The number of hydrogen-bond acceptors (Lipinski definition) is 1. The van der Waals surface area contributed by atoms with Gasteiger partial charge in [-0.05, 0) is 25.2 Å². The molecule has 0 unspecified atom stereocenters. The summed E-state index contributed by atoms with van der Waals surface area (Å²) >= 11 is 0. The molecule has 16 heavy (non-hydrogen) atoms. The molecule has 0 aromatic heterocycles. The molecule has 0 amide bonds. The van der Waals surface area contributed by atoms with Gasteiger partial charge in [0.2, 0.25) is 0 Å². The summed E-state index contributed by atoms with van der Waals surface area (Å²) in [6.07, 6.45) is 23.4. The van der Waals surface area contributed by atoms with Gasteiger partial charge in [-0.2, -0.15) is 0 Å². The number of terminal acetylenes is 1. The Kier molecular flexibility index (Phi) is 5.44. The highest BCUT2D eigenvalue weighted by atomic mass is 14.7. The molecule has 0 aromatic rings. The molecule has 1 rings (SSSR count). The minimum absolute atomic E-state index is 0.810. The molecular weight excluding hydrogens is 194 g/mol. The van der Waals surface area contributed by atoms with Gasteiger partial charge in [-0.3, -0.25) is 4.99 Å². The van der Waals surface area contributed by atoms with Crippen molar-refractivity contribution in [3.63, 3.8) is 0 Å². The maximum absolute atomic E-state index is 5.14. The fraction of sp³-hybridized carbons (Fsp3) is 0.133. The summed E-state index contributed by atoms with van der Waals surface area (Å²) in [4.78, 5) is 4.50. The van der Waals surface area contributed by atoms with Crippen LogP contribution < -0.4 is 0 Å². The Morgan fingerprint density at radius 1 is 1.31 bits per heavy atom. The topological polar surface area (TPSA) is 12.4 Å². The molecule has 1 heterocycles. The summed E-state index contributed by atoms with van der Waals surface area (Å²) in [6.45, 7) is 1.98. The average molecular weight is 209 g/mol. The van der Waals surface area contributed by atoms with Crippen molar-refractivity contribution in [3.8, 4) is 12.3 Å². The second-order valence-electron chi connectivity index (χ2n) is 3.31. The highest BCUT2D eigenvalue weighted by molar-refractivity contribution is 5.93. The molecule has 0 saturated heterocycles. The summed E-state index contributed by atoms with van der Waals surface area (Å²) in [5.74, 6) is 2.45. The van der Waals surface area contributed by atoms with E-state index >= 15 is 0 Å². The van der Waals surface area contributed by atoms with E-state index in [2.05, 4.69) is 17.0 Å². The average Bonchev–Trinajstić information content (AvgIpc) is 2.28. The van der Waals surface area contributed by atoms with E-state index in [0.29, 0.717) is 0 Å². The predicted molar refractivity (Wildman–Crippen MR) is 71.2 cm³/mol. The van der Waals surface area contributed by atoms with Crippen molar-refractivity contribution < 1.29 is 0 Å². The monoisotopic (exact) mass is 209 g/mol. The molecule has 1 aliphatic rings. The molecule has 0 N–H and O–H groups in total. The van der Waals surface area contributed by atoms with Crippen LogP contribution in [0.4, 0.5) is 0 Å². The summed E-state index contributed by atoms with van der Waals surface area (Å²) in [5.41, 5.74) is 1.99. The lowest BCUT2D eigenvalue weighted by atomic mass is 10.2. The SMILES string of the molecule is C#C\C=C/C=C1C\C=C\C=C/C=C\C(C)=N\1. The second kappa shape index (κ2) is 7.25. The molecular formula is C15H15N. The van der Waals surface area contributed by atoms with Crippen LogP contribution in [-0.4, -0.2) is 5.71 Å². The van der Waals surface area contributed by atoms with Crippen molar-refractivity contribution in [2.45, 2.75) is 13.3 Å². The first-order valence-corrected chi connectivity index (χ1v) is 5.20. The van der Waals surface area contributed by atoms with Crippen LogP contribution in [0, 0.1) is 12.3 Å². The van der Waals surface area contributed by atoms with E-state index in [-0.39, 0.29) is 0 Å². The lowest BCUT2D eigenvalue weighted by molar-refractivity contribution is 1.16. The van der Waals surface area contributed by atoms with E-state index in [1.807, 2.05) is 49.5 Å². The quantitative estimate of drug-likeness (QED) is 0.585. The molecule has 0 aliphatic carbocycles. The van der Waals surface area contributed by atoms with Crippen LogP contribution >= 0.6 is 0 Å². The zero-order valence-corrected chi connectivity index (χ0v) is 9.43. The van der Waals surface area contributed by atoms with E-state index in [0.717, 1.165) is 17.8 Å². The maximum atomic E-state index is 5.14. The van der Waals surface area contributed by atoms with Gasteiger partial charge in [0.25, 0.3) is 0 Å². The number of hydrogen-bond donors (Lipinski definition) is 0. The van der Waals surface area contributed by atoms with Gasteiger partial charge in [0, 0.05) is 17.8 Å². The van der Waals surface area contributed by atoms with E-state index < -0.39 is 0 Å². The Morgan fingerprint density at radius 2 is 2.12 bits per heavy atom. The van der Waals surface area contributed by atoms with Gasteiger partial charge in [0.05, 0.1) is 0 Å². The number of allylic oxidation sites excluding steroid dienone is 9. The molecule has 1 nitrogen and oxygen atoms in total. The Balaban J connectivity index is 2.90. The fourth-order valence-electron chi connectivity index (χ4n) is 1.22. The van der Waals surface area contributed by atoms with Crippen molar-refractivity contribution in [2.24, 2.45) is 4.99 Å². The highest BCUT2D eigenvalue weighted by Gasteiger charge is 1.92. The van der Waals surface area contributed by atoms with E-state index in [4.69, 9.17) is 6.42 Å². The third-order valence-electron chi connectivity index (χ3n) is 1.93. The Hall–Kier alpha value is -2.07. The van der Waals surface area contributed by atoms with Gasteiger partial charge >= 0.3 is 0 Å². The van der Waals surface area contributed by atoms with E-state index in [1.165, 1.54) is 0 Å². The third-order valence-corrected chi connectivity index (χ3v) is 1.93.